The third-order valence-corrected chi connectivity index (χ3v) is 3.34. The number of carbonyl (C=O) groups is 2. The first-order valence-electron chi connectivity index (χ1n) is 6.92. The van der Waals surface area contributed by atoms with Crippen molar-refractivity contribution in [2.45, 2.75) is 20.3 Å². The van der Waals surface area contributed by atoms with E-state index in [0.717, 1.165) is 11.3 Å². The van der Waals surface area contributed by atoms with E-state index in [-0.39, 0.29) is 18.2 Å². The lowest BCUT2D eigenvalue weighted by Gasteiger charge is -2.11. The van der Waals surface area contributed by atoms with Crippen molar-refractivity contribution in [3.8, 4) is 0 Å². The molecule has 0 saturated carbocycles. The van der Waals surface area contributed by atoms with Gasteiger partial charge in [0.2, 0.25) is 5.91 Å². The topological polar surface area (TPSA) is 75.4 Å². The van der Waals surface area contributed by atoms with Gasteiger partial charge in [0.1, 0.15) is 5.76 Å². The van der Waals surface area contributed by atoms with Gasteiger partial charge in [-0.05, 0) is 38.1 Å². The maximum Gasteiger partial charge on any atom is 0.253 e. The van der Waals surface area contributed by atoms with E-state index in [1.54, 1.807) is 52.2 Å². The molecule has 116 valence electrons. The van der Waals surface area contributed by atoms with Gasteiger partial charge in [0.25, 0.3) is 5.91 Å². The van der Waals surface area contributed by atoms with Gasteiger partial charge < -0.3 is 14.7 Å². The summed E-state index contributed by atoms with van der Waals surface area (Å²) < 4.78 is 5.04. The van der Waals surface area contributed by atoms with E-state index in [1.165, 1.54) is 4.90 Å². The van der Waals surface area contributed by atoms with Crippen LogP contribution in [0, 0.1) is 13.8 Å². The SMILES string of the molecule is Cc1noc(C)c1CC(=O)Nc1ccc(C(=O)N(C)C)cc1. The number of hydrogen-bond acceptors (Lipinski definition) is 4. The first kappa shape index (κ1) is 15.8. The predicted molar refractivity (Wildman–Crippen MR) is 82.8 cm³/mol. The summed E-state index contributed by atoms with van der Waals surface area (Å²) in [7, 11) is 3.39. The molecule has 1 aromatic heterocycles. The smallest absolute Gasteiger partial charge is 0.253 e. The molecule has 1 aromatic carbocycles. The van der Waals surface area contributed by atoms with Crippen molar-refractivity contribution >= 4 is 17.5 Å². The van der Waals surface area contributed by atoms with Gasteiger partial charge in [-0.25, -0.2) is 0 Å². The molecule has 0 aliphatic rings. The minimum atomic E-state index is -0.152. The second-order valence-corrected chi connectivity index (χ2v) is 5.30. The van der Waals surface area contributed by atoms with E-state index in [2.05, 4.69) is 10.5 Å². The molecule has 2 amide bonds. The Labute approximate surface area is 129 Å². The standard InChI is InChI=1S/C16H19N3O3/c1-10-14(11(2)22-18-10)9-15(20)17-13-7-5-12(6-8-13)16(21)19(3)4/h5-8H,9H2,1-4H3,(H,17,20). The predicted octanol–water partition coefficient (Wildman–Crippen LogP) is 2.17. The maximum absolute atomic E-state index is 12.1. The molecule has 22 heavy (non-hydrogen) atoms. The zero-order chi connectivity index (χ0) is 16.3. The number of aromatic nitrogens is 1. The Bertz CT molecular complexity index is 668. The Morgan fingerprint density at radius 1 is 1.18 bits per heavy atom. The fourth-order valence-corrected chi connectivity index (χ4v) is 2.07. The van der Waals surface area contributed by atoms with Crippen LogP contribution < -0.4 is 5.32 Å². The first-order valence-corrected chi connectivity index (χ1v) is 6.92. The van der Waals surface area contributed by atoms with Gasteiger partial charge in [-0.15, -0.1) is 0 Å². The molecule has 0 radical (unpaired) electrons. The van der Waals surface area contributed by atoms with E-state index in [9.17, 15) is 9.59 Å². The van der Waals surface area contributed by atoms with Gasteiger partial charge in [0.05, 0.1) is 12.1 Å². The number of carbonyl (C=O) groups excluding carboxylic acids is 2. The number of aryl methyl sites for hydroxylation is 2. The molecule has 1 heterocycles. The van der Waals surface area contributed by atoms with Gasteiger partial charge >= 0.3 is 0 Å². The molecule has 0 aliphatic carbocycles. The lowest BCUT2D eigenvalue weighted by atomic mass is 10.1. The average molecular weight is 301 g/mol. The highest BCUT2D eigenvalue weighted by Crippen LogP contribution is 2.15. The van der Waals surface area contributed by atoms with Crippen molar-refractivity contribution in [2.24, 2.45) is 0 Å². The van der Waals surface area contributed by atoms with E-state index < -0.39 is 0 Å². The largest absolute Gasteiger partial charge is 0.361 e. The molecule has 0 aliphatic heterocycles. The van der Waals surface area contributed by atoms with E-state index in [4.69, 9.17) is 4.52 Å². The van der Waals surface area contributed by atoms with Crippen LogP contribution in [0.1, 0.15) is 27.4 Å². The van der Waals surface area contributed by atoms with Crippen molar-refractivity contribution in [3.05, 3.63) is 46.8 Å². The molecular formula is C16H19N3O3. The number of nitrogens with one attached hydrogen (secondary N) is 1. The molecule has 0 fully saturated rings. The second-order valence-electron chi connectivity index (χ2n) is 5.30. The Morgan fingerprint density at radius 3 is 2.32 bits per heavy atom. The van der Waals surface area contributed by atoms with Crippen LogP contribution in [0.25, 0.3) is 0 Å². The number of nitrogens with zero attached hydrogens (tertiary/aromatic N) is 2. The number of anilines is 1. The third kappa shape index (κ3) is 3.52. The van der Waals surface area contributed by atoms with E-state index >= 15 is 0 Å². The molecule has 6 nitrogen and oxygen atoms in total. The van der Waals surface area contributed by atoms with Crippen LogP contribution in [-0.2, 0) is 11.2 Å². The monoisotopic (exact) mass is 301 g/mol. The van der Waals surface area contributed by atoms with Gasteiger partial charge in [0.15, 0.2) is 0 Å². The van der Waals surface area contributed by atoms with Gasteiger partial charge in [-0.1, -0.05) is 5.16 Å². The van der Waals surface area contributed by atoms with Gasteiger partial charge in [-0.3, -0.25) is 9.59 Å². The van der Waals surface area contributed by atoms with Gasteiger partial charge in [0, 0.05) is 30.9 Å². The molecule has 1 N–H and O–H groups in total. The molecular weight excluding hydrogens is 282 g/mol. The van der Waals surface area contributed by atoms with Crippen LogP contribution in [0.15, 0.2) is 28.8 Å². The zero-order valence-corrected chi connectivity index (χ0v) is 13.1. The van der Waals surface area contributed by atoms with Crippen molar-refractivity contribution in [2.75, 3.05) is 19.4 Å². The lowest BCUT2D eigenvalue weighted by Crippen LogP contribution is -2.21. The normalized spacial score (nSPS) is 10.4. The van der Waals surface area contributed by atoms with Crippen molar-refractivity contribution in [3.63, 3.8) is 0 Å². The maximum atomic E-state index is 12.1. The number of benzene rings is 1. The summed E-state index contributed by atoms with van der Waals surface area (Å²) >= 11 is 0. The molecule has 6 heteroatoms. The summed E-state index contributed by atoms with van der Waals surface area (Å²) in [5, 5.41) is 6.62. The summed E-state index contributed by atoms with van der Waals surface area (Å²) in [6.07, 6.45) is 0.208. The molecule has 0 unspecified atom stereocenters. The van der Waals surface area contributed by atoms with Crippen LogP contribution in [0.2, 0.25) is 0 Å². The highest BCUT2D eigenvalue weighted by molar-refractivity contribution is 5.96. The van der Waals surface area contributed by atoms with E-state index in [1.807, 2.05) is 0 Å². The summed E-state index contributed by atoms with van der Waals surface area (Å²) in [6, 6.07) is 6.80. The van der Waals surface area contributed by atoms with Crippen LogP contribution in [-0.4, -0.2) is 36.0 Å². The Hall–Kier alpha value is -2.63. The average Bonchev–Trinajstić information content (AvgIpc) is 2.79. The second kappa shape index (κ2) is 6.43. The molecule has 0 saturated heterocycles. The minimum Gasteiger partial charge on any atom is -0.361 e. The van der Waals surface area contributed by atoms with Gasteiger partial charge in [-0.2, -0.15) is 0 Å². The molecule has 0 bridgehead atoms. The van der Waals surface area contributed by atoms with Crippen molar-refractivity contribution in [1.29, 1.82) is 0 Å². The molecule has 2 aromatic rings. The Kier molecular flexibility index (Phi) is 4.60. The summed E-state index contributed by atoms with van der Waals surface area (Å²) in [5.74, 6) is 0.425. The van der Waals surface area contributed by atoms with Crippen LogP contribution >= 0.6 is 0 Å². The lowest BCUT2D eigenvalue weighted by molar-refractivity contribution is -0.115. The van der Waals surface area contributed by atoms with Crippen LogP contribution in [0.3, 0.4) is 0 Å². The summed E-state index contributed by atoms with van der Waals surface area (Å²) in [4.78, 5) is 25.3. The molecule has 0 spiro atoms. The van der Waals surface area contributed by atoms with E-state index in [0.29, 0.717) is 17.0 Å². The Morgan fingerprint density at radius 2 is 1.82 bits per heavy atom. The fraction of sp³-hybridized carbons (Fsp3) is 0.312. The van der Waals surface area contributed by atoms with Crippen LogP contribution in [0.5, 0.6) is 0 Å². The summed E-state index contributed by atoms with van der Waals surface area (Å²) in [5.41, 5.74) is 2.75. The number of rotatable bonds is 4. The number of hydrogen-bond donors (Lipinski definition) is 1. The first-order chi connectivity index (χ1) is 10.4. The highest BCUT2D eigenvalue weighted by Gasteiger charge is 2.14. The molecule has 0 atom stereocenters. The minimum absolute atomic E-state index is 0.0754. The van der Waals surface area contributed by atoms with Crippen molar-refractivity contribution < 1.29 is 14.1 Å². The Balaban J connectivity index is 2.02. The van der Waals surface area contributed by atoms with Crippen LogP contribution in [0.4, 0.5) is 5.69 Å². The highest BCUT2D eigenvalue weighted by atomic mass is 16.5. The summed E-state index contributed by atoms with van der Waals surface area (Å²) in [6.45, 7) is 3.59. The molecule has 2 rings (SSSR count). The zero-order valence-electron chi connectivity index (χ0n) is 13.1. The third-order valence-electron chi connectivity index (χ3n) is 3.34. The van der Waals surface area contributed by atoms with Crippen molar-refractivity contribution in [1.82, 2.24) is 10.1 Å². The quantitative estimate of drug-likeness (QED) is 0.939. The number of amides is 2. The fourth-order valence-electron chi connectivity index (χ4n) is 2.07.